The lowest BCUT2D eigenvalue weighted by Crippen LogP contribution is -2.32. The lowest BCUT2D eigenvalue weighted by atomic mass is 9.85. The van der Waals surface area contributed by atoms with Crippen LogP contribution in [-0.2, 0) is 14.3 Å². The minimum absolute atomic E-state index is 0.0853. The summed E-state index contributed by atoms with van der Waals surface area (Å²) in [5.74, 6) is 0.0885. The fourth-order valence-electron chi connectivity index (χ4n) is 2.50. The van der Waals surface area contributed by atoms with Gasteiger partial charge in [0, 0.05) is 12.3 Å². The molecule has 0 aliphatic carbocycles. The van der Waals surface area contributed by atoms with Crippen LogP contribution in [0.3, 0.4) is 0 Å². The van der Waals surface area contributed by atoms with E-state index in [-0.39, 0.29) is 30.8 Å². The van der Waals surface area contributed by atoms with Gasteiger partial charge in [-0.05, 0) is 17.7 Å². The molecule has 0 radical (unpaired) electrons. The van der Waals surface area contributed by atoms with E-state index in [2.05, 4.69) is 5.32 Å². The highest BCUT2D eigenvalue weighted by Crippen LogP contribution is 2.36. The van der Waals surface area contributed by atoms with E-state index in [4.69, 9.17) is 9.47 Å². The van der Waals surface area contributed by atoms with E-state index < -0.39 is 0 Å². The SMILES string of the molecule is COc1ccc([C@@H]2CC(=O)NC3=C2C(=O)OC3)cc1. The third-order valence-electron chi connectivity index (χ3n) is 3.44. The molecule has 2 aliphatic rings. The summed E-state index contributed by atoms with van der Waals surface area (Å²) in [6.07, 6.45) is 0.264. The highest BCUT2D eigenvalue weighted by atomic mass is 16.5. The first-order chi connectivity index (χ1) is 9.19. The van der Waals surface area contributed by atoms with Crippen LogP contribution in [0.5, 0.6) is 5.75 Å². The molecule has 0 aromatic heterocycles. The summed E-state index contributed by atoms with van der Waals surface area (Å²) in [5.41, 5.74) is 2.09. The lowest BCUT2D eigenvalue weighted by molar-refractivity contribution is -0.136. The number of rotatable bonds is 2. The maximum Gasteiger partial charge on any atom is 0.336 e. The molecule has 19 heavy (non-hydrogen) atoms. The molecule has 1 aromatic carbocycles. The van der Waals surface area contributed by atoms with Crippen molar-refractivity contribution in [1.29, 1.82) is 0 Å². The molecule has 0 saturated carbocycles. The number of carbonyl (C=O) groups is 2. The normalized spacial score (nSPS) is 21.8. The molecule has 0 fully saturated rings. The molecule has 2 heterocycles. The molecule has 5 heteroatoms. The quantitative estimate of drug-likeness (QED) is 0.808. The predicted molar refractivity (Wildman–Crippen MR) is 66.5 cm³/mol. The Hall–Kier alpha value is -2.30. The molecule has 98 valence electrons. The van der Waals surface area contributed by atoms with Gasteiger partial charge in [0.15, 0.2) is 0 Å². The van der Waals surface area contributed by atoms with Crippen molar-refractivity contribution in [2.24, 2.45) is 0 Å². The molecule has 2 aliphatic heterocycles. The Morgan fingerprint density at radius 1 is 1.26 bits per heavy atom. The van der Waals surface area contributed by atoms with Crippen molar-refractivity contribution in [2.75, 3.05) is 13.7 Å². The van der Waals surface area contributed by atoms with Crippen molar-refractivity contribution in [2.45, 2.75) is 12.3 Å². The van der Waals surface area contributed by atoms with E-state index in [0.717, 1.165) is 11.3 Å². The number of esters is 1. The number of carbonyl (C=O) groups excluding carboxylic acids is 2. The minimum atomic E-state index is -0.337. The van der Waals surface area contributed by atoms with Crippen molar-refractivity contribution >= 4 is 11.9 Å². The van der Waals surface area contributed by atoms with Crippen LogP contribution >= 0.6 is 0 Å². The van der Waals surface area contributed by atoms with E-state index in [1.165, 1.54) is 0 Å². The van der Waals surface area contributed by atoms with Gasteiger partial charge in [0.05, 0.1) is 18.4 Å². The number of methoxy groups -OCH3 is 1. The Bertz CT molecular complexity index is 574. The van der Waals surface area contributed by atoms with Crippen molar-refractivity contribution in [1.82, 2.24) is 5.32 Å². The summed E-state index contributed by atoms with van der Waals surface area (Å²) in [4.78, 5) is 23.4. The number of cyclic esters (lactones) is 1. The van der Waals surface area contributed by atoms with Gasteiger partial charge in [0.25, 0.3) is 0 Å². The van der Waals surface area contributed by atoms with Crippen molar-refractivity contribution in [3.8, 4) is 5.75 Å². The highest BCUT2D eigenvalue weighted by Gasteiger charge is 2.38. The maximum absolute atomic E-state index is 11.8. The molecule has 1 N–H and O–H groups in total. The largest absolute Gasteiger partial charge is 0.497 e. The second-order valence-corrected chi connectivity index (χ2v) is 4.55. The Kier molecular flexibility index (Phi) is 2.74. The molecule has 0 spiro atoms. The van der Waals surface area contributed by atoms with Crippen molar-refractivity contribution in [3.05, 3.63) is 41.1 Å². The molecular weight excluding hydrogens is 246 g/mol. The van der Waals surface area contributed by atoms with Crippen LogP contribution in [0.25, 0.3) is 0 Å². The van der Waals surface area contributed by atoms with Crippen LogP contribution in [0.1, 0.15) is 17.9 Å². The molecule has 0 saturated heterocycles. The first-order valence-electron chi connectivity index (χ1n) is 6.03. The number of amides is 1. The minimum Gasteiger partial charge on any atom is -0.497 e. The Morgan fingerprint density at radius 2 is 2.00 bits per heavy atom. The van der Waals surface area contributed by atoms with Gasteiger partial charge in [-0.1, -0.05) is 12.1 Å². The number of ether oxygens (including phenoxy) is 2. The monoisotopic (exact) mass is 259 g/mol. The average molecular weight is 259 g/mol. The summed E-state index contributed by atoms with van der Waals surface area (Å²) in [6.45, 7) is 0.159. The summed E-state index contributed by atoms with van der Waals surface area (Å²) >= 11 is 0. The van der Waals surface area contributed by atoms with E-state index in [1.807, 2.05) is 24.3 Å². The molecule has 1 amide bonds. The van der Waals surface area contributed by atoms with E-state index in [9.17, 15) is 9.59 Å². The van der Waals surface area contributed by atoms with Gasteiger partial charge >= 0.3 is 5.97 Å². The third-order valence-corrected chi connectivity index (χ3v) is 3.44. The van der Waals surface area contributed by atoms with E-state index in [0.29, 0.717) is 11.3 Å². The predicted octanol–water partition coefficient (Wildman–Crippen LogP) is 1.11. The number of nitrogens with one attached hydrogen (secondary N) is 1. The van der Waals surface area contributed by atoms with Gasteiger partial charge < -0.3 is 14.8 Å². The van der Waals surface area contributed by atoms with E-state index >= 15 is 0 Å². The third kappa shape index (κ3) is 1.97. The number of benzene rings is 1. The smallest absolute Gasteiger partial charge is 0.336 e. The molecule has 1 aromatic rings. The van der Waals surface area contributed by atoms with Crippen LogP contribution in [-0.4, -0.2) is 25.6 Å². The molecule has 0 unspecified atom stereocenters. The summed E-state index contributed by atoms with van der Waals surface area (Å²) in [5, 5.41) is 2.70. The molecular formula is C14H13NO4. The summed E-state index contributed by atoms with van der Waals surface area (Å²) < 4.78 is 10.1. The molecule has 0 bridgehead atoms. The first-order valence-corrected chi connectivity index (χ1v) is 6.03. The number of hydrogen-bond acceptors (Lipinski definition) is 4. The topological polar surface area (TPSA) is 64.6 Å². The zero-order valence-electron chi connectivity index (χ0n) is 10.4. The van der Waals surface area contributed by atoms with Crippen LogP contribution in [0.2, 0.25) is 0 Å². The zero-order chi connectivity index (χ0) is 13.4. The summed E-state index contributed by atoms with van der Waals surface area (Å²) in [6, 6.07) is 7.39. The number of hydrogen-bond donors (Lipinski definition) is 1. The zero-order valence-corrected chi connectivity index (χ0v) is 10.4. The maximum atomic E-state index is 11.8. The highest BCUT2D eigenvalue weighted by molar-refractivity contribution is 5.98. The van der Waals surface area contributed by atoms with Crippen molar-refractivity contribution < 1.29 is 19.1 Å². The first kappa shape index (κ1) is 11.8. The van der Waals surface area contributed by atoms with Gasteiger partial charge in [-0.3, -0.25) is 4.79 Å². The second-order valence-electron chi connectivity index (χ2n) is 4.55. The Balaban J connectivity index is 1.99. The fourth-order valence-corrected chi connectivity index (χ4v) is 2.50. The lowest BCUT2D eigenvalue weighted by Gasteiger charge is -2.22. The van der Waals surface area contributed by atoms with Gasteiger partial charge in [-0.2, -0.15) is 0 Å². The van der Waals surface area contributed by atoms with Crippen LogP contribution in [0.4, 0.5) is 0 Å². The molecule has 5 nitrogen and oxygen atoms in total. The summed E-state index contributed by atoms with van der Waals surface area (Å²) in [7, 11) is 1.60. The Labute approximate surface area is 110 Å². The van der Waals surface area contributed by atoms with Gasteiger partial charge in [-0.15, -0.1) is 0 Å². The second kappa shape index (κ2) is 4.42. The van der Waals surface area contributed by atoms with Crippen LogP contribution < -0.4 is 10.1 Å². The van der Waals surface area contributed by atoms with Crippen molar-refractivity contribution in [3.63, 3.8) is 0 Å². The van der Waals surface area contributed by atoms with Crippen LogP contribution in [0.15, 0.2) is 35.5 Å². The fraction of sp³-hybridized carbons (Fsp3) is 0.286. The van der Waals surface area contributed by atoms with Gasteiger partial charge in [0.1, 0.15) is 12.4 Å². The standard InChI is InChI=1S/C14H13NO4/c1-18-9-4-2-8(3-5-9)10-6-12(16)15-11-7-19-14(17)13(10)11/h2-5,10H,6-7H2,1H3,(H,15,16)/t10-/m0/s1. The average Bonchev–Trinajstić information content (AvgIpc) is 2.79. The molecule has 3 rings (SSSR count). The van der Waals surface area contributed by atoms with Crippen LogP contribution in [0, 0.1) is 0 Å². The Morgan fingerprint density at radius 3 is 2.68 bits per heavy atom. The van der Waals surface area contributed by atoms with Gasteiger partial charge in [0.2, 0.25) is 5.91 Å². The van der Waals surface area contributed by atoms with E-state index in [1.54, 1.807) is 7.11 Å². The molecule has 1 atom stereocenters. The van der Waals surface area contributed by atoms with Gasteiger partial charge in [-0.25, -0.2) is 4.79 Å².